The zero-order valence-corrected chi connectivity index (χ0v) is 19.3. The van der Waals surface area contributed by atoms with Gasteiger partial charge in [-0.1, -0.05) is 20.8 Å². The molecular weight excluding hydrogens is 348 g/mol. The molecule has 0 aromatic heterocycles. The maximum Gasteiger partial charge on any atom is 0.191 e. The molecular formula is C19H38N2O2SSi. The average molecular weight is 387 g/mol. The zero-order valence-electron chi connectivity index (χ0n) is 17.4. The summed E-state index contributed by atoms with van der Waals surface area (Å²) in [5.74, 6) is 0.887. The van der Waals surface area contributed by atoms with Crippen molar-refractivity contribution in [2.24, 2.45) is 11.8 Å². The second-order valence-corrected chi connectivity index (χ2v) is 16.8. The number of hydrogen-bond acceptors (Lipinski definition) is 4. The van der Waals surface area contributed by atoms with Crippen LogP contribution >= 0.6 is 0 Å². The molecule has 25 heavy (non-hydrogen) atoms. The number of rotatable bonds is 6. The Hall–Kier alpha value is -0.0631. The predicted molar refractivity (Wildman–Crippen MR) is 109 cm³/mol. The minimum Gasteiger partial charge on any atom is -0.598 e. The molecule has 0 saturated heterocycles. The fraction of sp³-hybridized carbons (Fsp3) is 0.947. The zero-order chi connectivity index (χ0) is 19.5. The molecule has 2 atom stereocenters. The molecule has 1 aliphatic rings. The molecule has 1 fully saturated rings. The van der Waals surface area contributed by atoms with Gasteiger partial charge < -0.3 is 8.98 Å². The van der Waals surface area contributed by atoms with E-state index in [-0.39, 0.29) is 15.8 Å². The molecule has 1 rings (SSSR count). The van der Waals surface area contributed by atoms with Crippen molar-refractivity contribution < 1.29 is 8.98 Å². The largest absolute Gasteiger partial charge is 0.598 e. The van der Waals surface area contributed by atoms with E-state index in [1.807, 2.05) is 20.8 Å². The summed E-state index contributed by atoms with van der Waals surface area (Å²) >= 11 is -1.19. The molecule has 0 bridgehead atoms. The van der Waals surface area contributed by atoms with Gasteiger partial charge in [-0.3, -0.25) is 0 Å². The lowest BCUT2D eigenvalue weighted by Crippen LogP contribution is -2.47. The van der Waals surface area contributed by atoms with Crippen molar-refractivity contribution in [2.45, 2.75) is 96.1 Å². The highest BCUT2D eigenvalue weighted by Gasteiger charge is 2.39. The summed E-state index contributed by atoms with van der Waals surface area (Å²) in [4.78, 5) is 0. The Morgan fingerprint density at radius 2 is 1.68 bits per heavy atom. The van der Waals surface area contributed by atoms with Gasteiger partial charge in [0.2, 0.25) is 0 Å². The van der Waals surface area contributed by atoms with Crippen molar-refractivity contribution in [3.8, 4) is 6.07 Å². The van der Waals surface area contributed by atoms with Gasteiger partial charge in [-0.2, -0.15) is 5.26 Å². The first-order chi connectivity index (χ1) is 11.3. The normalized spacial score (nSPS) is 25.3. The molecule has 1 unspecified atom stereocenters. The Kier molecular flexibility index (Phi) is 8.04. The predicted octanol–water partition coefficient (Wildman–Crippen LogP) is 4.76. The highest BCUT2D eigenvalue weighted by molar-refractivity contribution is 7.90. The summed E-state index contributed by atoms with van der Waals surface area (Å²) in [6.07, 6.45) is 4.22. The average Bonchev–Trinajstić information content (AvgIpc) is 2.49. The van der Waals surface area contributed by atoms with Crippen LogP contribution in [0.15, 0.2) is 0 Å². The van der Waals surface area contributed by atoms with E-state index in [0.717, 1.165) is 32.3 Å². The molecule has 146 valence electrons. The van der Waals surface area contributed by atoms with E-state index >= 15 is 0 Å². The Bertz CT molecular complexity index is 458. The fourth-order valence-corrected chi connectivity index (χ4v) is 4.67. The van der Waals surface area contributed by atoms with Crippen LogP contribution in [0.25, 0.3) is 0 Å². The van der Waals surface area contributed by atoms with Gasteiger partial charge in [0.1, 0.15) is 10.8 Å². The van der Waals surface area contributed by atoms with Gasteiger partial charge in [0, 0.05) is 18.0 Å². The summed E-state index contributed by atoms with van der Waals surface area (Å²) in [6, 6.07) is 2.02. The third-order valence-corrected chi connectivity index (χ3v) is 11.9. The van der Waals surface area contributed by atoms with Crippen molar-refractivity contribution in [2.75, 3.05) is 6.61 Å². The van der Waals surface area contributed by atoms with E-state index in [9.17, 15) is 9.81 Å². The molecule has 0 aromatic rings. The first kappa shape index (κ1) is 23.0. The van der Waals surface area contributed by atoms with Gasteiger partial charge in [0.15, 0.2) is 8.32 Å². The van der Waals surface area contributed by atoms with Crippen molar-refractivity contribution >= 4 is 19.7 Å². The van der Waals surface area contributed by atoms with Crippen molar-refractivity contribution in [3.63, 3.8) is 0 Å². The number of nitrogens with one attached hydrogen (secondary N) is 1. The maximum absolute atomic E-state index is 12.3. The van der Waals surface area contributed by atoms with Gasteiger partial charge in [-0.15, -0.1) is 4.72 Å². The quantitative estimate of drug-likeness (QED) is 0.528. The SMILES string of the molecule is CC(C)(C)[S+]([O-])N[C@H](C#N)C1CCC(CO[Si](C)(C)C(C)(C)C)CC1. The summed E-state index contributed by atoms with van der Waals surface area (Å²) in [5.41, 5.74) is 0. The maximum atomic E-state index is 12.3. The molecule has 0 heterocycles. The van der Waals surface area contributed by atoms with Crippen LogP contribution in [-0.2, 0) is 15.8 Å². The van der Waals surface area contributed by atoms with E-state index in [4.69, 9.17) is 4.43 Å². The summed E-state index contributed by atoms with van der Waals surface area (Å²) < 4.78 is 21.4. The highest BCUT2D eigenvalue weighted by Crippen LogP contribution is 2.38. The first-order valence-electron chi connectivity index (χ1n) is 9.49. The molecule has 0 spiro atoms. The molecule has 0 amide bonds. The van der Waals surface area contributed by atoms with Crippen molar-refractivity contribution in [1.29, 1.82) is 5.26 Å². The van der Waals surface area contributed by atoms with Crippen LogP contribution in [-0.4, -0.2) is 30.3 Å². The van der Waals surface area contributed by atoms with Crippen LogP contribution in [0, 0.1) is 23.2 Å². The Morgan fingerprint density at radius 1 is 1.16 bits per heavy atom. The van der Waals surface area contributed by atoms with Crippen molar-refractivity contribution in [1.82, 2.24) is 4.72 Å². The minimum absolute atomic E-state index is 0.247. The van der Waals surface area contributed by atoms with E-state index in [2.05, 4.69) is 44.7 Å². The van der Waals surface area contributed by atoms with Gasteiger partial charge in [0.05, 0.1) is 6.07 Å². The van der Waals surface area contributed by atoms with Gasteiger partial charge >= 0.3 is 0 Å². The smallest absolute Gasteiger partial charge is 0.191 e. The lowest BCUT2D eigenvalue weighted by Gasteiger charge is -2.38. The van der Waals surface area contributed by atoms with Crippen LogP contribution in [0.3, 0.4) is 0 Å². The van der Waals surface area contributed by atoms with Crippen LogP contribution in [0.2, 0.25) is 18.1 Å². The summed E-state index contributed by atoms with van der Waals surface area (Å²) in [7, 11) is -1.68. The number of nitriles is 1. The molecule has 0 radical (unpaired) electrons. The van der Waals surface area contributed by atoms with Gasteiger partial charge in [-0.05, 0) is 76.4 Å². The van der Waals surface area contributed by atoms with E-state index in [0.29, 0.717) is 11.8 Å². The Morgan fingerprint density at radius 3 is 2.08 bits per heavy atom. The van der Waals surface area contributed by atoms with Crippen LogP contribution in [0.1, 0.15) is 67.2 Å². The highest BCUT2D eigenvalue weighted by atomic mass is 32.2. The van der Waals surface area contributed by atoms with E-state index < -0.39 is 19.7 Å². The molecule has 1 N–H and O–H groups in total. The van der Waals surface area contributed by atoms with Crippen LogP contribution < -0.4 is 4.72 Å². The van der Waals surface area contributed by atoms with Gasteiger partial charge in [0.25, 0.3) is 0 Å². The third-order valence-electron chi connectivity index (χ3n) is 5.78. The van der Waals surface area contributed by atoms with Crippen LogP contribution in [0.5, 0.6) is 0 Å². The molecule has 0 aliphatic heterocycles. The lowest BCUT2D eigenvalue weighted by molar-refractivity contribution is 0.165. The lowest BCUT2D eigenvalue weighted by atomic mass is 9.79. The van der Waals surface area contributed by atoms with Gasteiger partial charge in [-0.25, -0.2) is 0 Å². The van der Waals surface area contributed by atoms with Crippen LogP contribution in [0.4, 0.5) is 0 Å². The Balaban J connectivity index is 2.48. The third kappa shape index (κ3) is 6.87. The fourth-order valence-electron chi connectivity index (χ4n) is 2.75. The molecule has 0 aromatic carbocycles. The summed E-state index contributed by atoms with van der Waals surface area (Å²) in [6.45, 7) is 18.1. The monoisotopic (exact) mass is 386 g/mol. The standard InChI is InChI=1S/C19H38N2O2SSi/c1-18(2,3)24(22)21-17(13-20)16-11-9-15(10-12-16)14-23-25(7,8)19(4,5)6/h15-17,21H,9-12,14H2,1-8H3/t15?,16?,17-,24?/m1/s1. The Labute approximate surface area is 159 Å². The van der Waals surface area contributed by atoms with E-state index in [1.165, 1.54) is 0 Å². The van der Waals surface area contributed by atoms with E-state index in [1.54, 1.807) is 0 Å². The topological polar surface area (TPSA) is 68.1 Å². The number of nitrogens with zero attached hydrogens (tertiary/aromatic N) is 1. The minimum atomic E-state index is -1.68. The first-order valence-corrected chi connectivity index (χ1v) is 13.6. The molecule has 1 aliphatic carbocycles. The molecule has 6 heteroatoms. The molecule has 1 saturated carbocycles. The summed E-state index contributed by atoms with van der Waals surface area (Å²) in [5, 5.41) is 9.74. The second-order valence-electron chi connectivity index (χ2n) is 9.96. The van der Waals surface area contributed by atoms with Crippen molar-refractivity contribution in [3.05, 3.63) is 0 Å². The number of hydrogen-bond donors (Lipinski definition) is 1. The molecule has 4 nitrogen and oxygen atoms in total. The second kappa shape index (κ2) is 8.75.